The number of hydrogen-bond donors (Lipinski definition) is 3. The molecule has 21 heavy (non-hydrogen) atoms. The minimum atomic E-state index is -0.581. The van der Waals surface area contributed by atoms with Crippen LogP contribution in [0.1, 0.15) is 20.8 Å². The number of aromatic nitrogens is 1. The molecule has 5 heteroatoms. The molecule has 0 radical (unpaired) electrons. The first kappa shape index (κ1) is 12.9. The highest BCUT2D eigenvalue weighted by Gasteiger charge is 2.14. The van der Waals surface area contributed by atoms with Crippen LogP contribution in [-0.4, -0.2) is 16.8 Å². The van der Waals surface area contributed by atoms with Crippen molar-refractivity contribution in [3.8, 4) is 11.1 Å². The molecule has 2 aromatic carbocycles. The highest BCUT2D eigenvalue weighted by Crippen LogP contribution is 2.28. The van der Waals surface area contributed by atoms with E-state index in [0.29, 0.717) is 11.1 Å². The lowest BCUT2D eigenvalue weighted by Gasteiger charge is -2.05. The van der Waals surface area contributed by atoms with Crippen LogP contribution in [0.5, 0.6) is 0 Å². The molecule has 0 aliphatic heterocycles. The van der Waals surface area contributed by atoms with Gasteiger partial charge in [-0.1, -0.05) is 30.3 Å². The van der Waals surface area contributed by atoms with E-state index in [2.05, 4.69) is 4.98 Å². The Kier molecular flexibility index (Phi) is 2.95. The average Bonchev–Trinajstić information content (AvgIpc) is 2.91. The number of H-pyrrole nitrogens is 1. The highest BCUT2D eigenvalue weighted by molar-refractivity contribution is 6.09. The molecule has 5 nitrogen and oxygen atoms in total. The summed E-state index contributed by atoms with van der Waals surface area (Å²) in [6.45, 7) is 0. The molecule has 0 saturated heterocycles. The lowest BCUT2D eigenvalue weighted by atomic mass is 10.00. The summed E-state index contributed by atoms with van der Waals surface area (Å²) in [6, 6.07) is 14.8. The van der Waals surface area contributed by atoms with Crippen LogP contribution < -0.4 is 11.5 Å². The summed E-state index contributed by atoms with van der Waals surface area (Å²) in [5.74, 6) is -1.14. The van der Waals surface area contributed by atoms with E-state index in [9.17, 15) is 9.59 Å². The first-order valence-corrected chi connectivity index (χ1v) is 6.38. The van der Waals surface area contributed by atoms with Crippen molar-refractivity contribution in [2.75, 3.05) is 0 Å². The van der Waals surface area contributed by atoms with Crippen molar-refractivity contribution in [1.29, 1.82) is 0 Å². The predicted molar refractivity (Wildman–Crippen MR) is 80.8 cm³/mol. The Labute approximate surface area is 120 Å². The molecular formula is C16H13N3O2. The second kappa shape index (κ2) is 4.79. The van der Waals surface area contributed by atoms with Gasteiger partial charge in [0.15, 0.2) is 0 Å². The van der Waals surface area contributed by atoms with Gasteiger partial charge in [0, 0.05) is 5.39 Å². The summed E-state index contributed by atoms with van der Waals surface area (Å²) < 4.78 is 0. The van der Waals surface area contributed by atoms with Crippen LogP contribution in [0.4, 0.5) is 0 Å². The Morgan fingerprint density at radius 1 is 0.857 bits per heavy atom. The van der Waals surface area contributed by atoms with Crippen molar-refractivity contribution in [2.45, 2.75) is 0 Å². The van der Waals surface area contributed by atoms with Crippen LogP contribution in [0.25, 0.3) is 22.0 Å². The number of nitrogens with two attached hydrogens (primary N) is 2. The number of nitrogens with one attached hydrogen (secondary N) is 1. The molecule has 0 bridgehead atoms. The van der Waals surface area contributed by atoms with Gasteiger partial charge in [0.25, 0.3) is 11.8 Å². The van der Waals surface area contributed by atoms with Crippen molar-refractivity contribution >= 4 is 22.7 Å². The first-order chi connectivity index (χ1) is 10.1. The Morgan fingerprint density at radius 3 is 2.19 bits per heavy atom. The molecule has 0 atom stereocenters. The summed E-state index contributed by atoms with van der Waals surface area (Å²) in [5.41, 5.74) is 13.6. The quantitative estimate of drug-likeness (QED) is 0.683. The largest absolute Gasteiger partial charge is 0.366 e. The van der Waals surface area contributed by atoms with E-state index in [4.69, 9.17) is 11.5 Å². The van der Waals surface area contributed by atoms with Crippen molar-refractivity contribution in [3.05, 3.63) is 59.8 Å². The van der Waals surface area contributed by atoms with Crippen molar-refractivity contribution in [3.63, 3.8) is 0 Å². The molecule has 0 unspecified atom stereocenters. The molecule has 3 aromatic rings. The average molecular weight is 279 g/mol. The third-order valence-corrected chi connectivity index (χ3v) is 3.37. The zero-order valence-electron chi connectivity index (χ0n) is 11.1. The summed E-state index contributed by atoms with van der Waals surface area (Å²) >= 11 is 0. The Bertz CT molecular complexity index is 851. The van der Waals surface area contributed by atoms with Crippen molar-refractivity contribution < 1.29 is 9.59 Å². The van der Waals surface area contributed by atoms with Crippen molar-refractivity contribution in [2.24, 2.45) is 11.5 Å². The van der Waals surface area contributed by atoms with E-state index >= 15 is 0 Å². The minimum Gasteiger partial charge on any atom is -0.366 e. The fraction of sp³-hybridized carbons (Fsp3) is 0. The number of aromatic amines is 1. The molecule has 0 aliphatic carbocycles. The summed E-state index contributed by atoms with van der Waals surface area (Å²) in [6.07, 6.45) is 0. The molecule has 0 spiro atoms. The van der Waals surface area contributed by atoms with Gasteiger partial charge in [0.2, 0.25) is 0 Å². The van der Waals surface area contributed by atoms with Crippen LogP contribution >= 0.6 is 0 Å². The third kappa shape index (κ3) is 2.25. The van der Waals surface area contributed by atoms with Crippen LogP contribution in [0.2, 0.25) is 0 Å². The van der Waals surface area contributed by atoms with Gasteiger partial charge < -0.3 is 16.5 Å². The first-order valence-electron chi connectivity index (χ1n) is 6.38. The zero-order valence-corrected chi connectivity index (χ0v) is 11.1. The van der Waals surface area contributed by atoms with Crippen LogP contribution in [0.3, 0.4) is 0 Å². The Hall–Kier alpha value is -3.08. The molecule has 3 rings (SSSR count). The van der Waals surface area contributed by atoms with Gasteiger partial charge in [-0.3, -0.25) is 9.59 Å². The summed E-state index contributed by atoms with van der Waals surface area (Å²) in [7, 11) is 0. The van der Waals surface area contributed by atoms with Gasteiger partial charge in [-0.05, 0) is 29.3 Å². The highest BCUT2D eigenvalue weighted by atomic mass is 16.1. The number of carbonyl (C=O) groups excluding carboxylic acids is 2. The standard InChI is InChI=1S/C16H13N3O2/c17-15(20)12-7-10(9-4-2-1-3-5-9)6-11-8-13(16(18)21)19-14(11)12/h1-8,19H,(H2,17,20)(H2,18,21). The van der Waals surface area contributed by atoms with Gasteiger partial charge in [-0.15, -0.1) is 0 Å². The Morgan fingerprint density at radius 2 is 1.57 bits per heavy atom. The lowest BCUT2D eigenvalue weighted by Crippen LogP contribution is -2.13. The van der Waals surface area contributed by atoms with E-state index in [-0.39, 0.29) is 5.69 Å². The maximum Gasteiger partial charge on any atom is 0.265 e. The maximum absolute atomic E-state index is 11.7. The molecule has 0 saturated carbocycles. The number of fused-ring (bicyclic) bond motifs is 1. The number of carbonyl (C=O) groups is 2. The van der Waals surface area contributed by atoms with E-state index in [1.165, 1.54) is 0 Å². The predicted octanol–water partition coefficient (Wildman–Crippen LogP) is 2.03. The monoisotopic (exact) mass is 279 g/mol. The second-order valence-corrected chi connectivity index (χ2v) is 4.77. The van der Waals surface area contributed by atoms with Crippen LogP contribution in [0, 0.1) is 0 Å². The zero-order chi connectivity index (χ0) is 15.0. The molecule has 1 heterocycles. The fourth-order valence-corrected chi connectivity index (χ4v) is 2.37. The molecule has 2 amide bonds. The maximum atomic E-state index is 11.7. The SMILES string of the molecule is NC(=O)c1cc2cc(-c3ccccc3)cc(C(N)=O)c2[nH]1. The lowest BCUT2D eigenvalue weighted by molar-refractivity contribution is 0.0988. The van der Waals surface area contributed by atoms with Crippen LogP contribution in [0.15, 0.2) is 48.5 Å². The second-order valence-electron chi connectivity index (χ2n) is 4.77. The van der Waals surface area contributed by atoms with Gasteiger partial charge in [-0.2, -0.15) is 0 Å². The minimum absolute atomic E-state index is 0.248. The number of benzene rings is 2. The van der Waals surface area contributed by atoms with Gasteiger partial charge >= 0.3 is 0 Å². The number of hydrogen-bond acceptors (Lipinski definition) is 2. The van der Waals surface area contributed by atoms with Crippen LogP contribution in [-0.2, 0) is 0 Å². The number of primary amides is 2. The van der Waals surface area contributed by atoms with Crippen molar-refractivity contribution in [1.82, 2.24) is 4.98 Å². The third-order valence-electron chi connectivity index (χ3n) is 3.37. The van der Waals surface area contributed by atoms with E-state index in [1.807, 2.05) is 36.4 Å². The van der Waals surface area contributed by atoms with Gasteiger partial charge in [0.1, 0.15) is 5.69 Å². The number of amides is 2. The molecular weight excluding hydrogens is 266 g/mol. The molecule has 5 N–H and O–H groups in total. The van der Waals surface area contributed by atoms with Gasteiger partial charge in [0.05, 0.1) is 11.1 Å². The smallest absolute Gasteiger partial charge is 0.265 e. The summed E-state index contributed by atoms with van der Waals surface area (Å²) in [5, 5.41) is 0.721. The van der Waals surface area contributed by atoms with E-state index in [0.717, 1.165) is 16.5 Å². The molecule has 1 aromatic heterocycles. The van der Waals surface area contributed by atoms with E-state index < -0.39 is 11.8 Å². The molecule has 0 aliphatic rings. The molecule has 0 fully saturated rings. The fourth-order valence-electron chi connectivity index (χ4n) is 2.37. The van der Waals surface area contributed by atoms with E-state index in [1.54, 1.807) is 12.1 Å². The summed E-state index contributed by atoms with van der Waals surface area (Å²) in [4.78, 5) is 25.8. The normalized spacial score (nSPS) is 10.7. The Balaban J connectivity index is 2.29. The topological polar surface area (TPSA) is 102 Å². The van der Waals surface area contributed by atoms with Gasteiger partial charge in [-0.25, -0.2) is 0 Å². The molecule has 104 valence electrons. The number of rotatable bonds is 3.